The van der Waals surface area contributed by atoms with Crippen LogP contribution in [0.25, 0.3) is 22.2 Å². The highest BCUT2D eigenvalue weighted by molar-refractivity contribution is 6.02. The number of amidine groups is 1. The quantitative estimate of drug-likeness (QED) is 0.244. The van der Waals surface area contributed by atoms with E-state index in [9.17, 15) is 13.9 Å². The molecule has 0 amide bonds. The van der Waals surface area contributed by atoms with Crippen LogP contribution in [-0.2, 0) is 5.60 Å². The summed E-state index contributed by atoms with van der Waals surface area (Å²) in [7, 11) is 0. The molecule has 0 unspecified atom stereocenters. The van der Waals surface area contributed by atoms with Gasteiger partial charge in [-0.15, -0.1) is 0 Å². The van der Waals surface area contributed by atoms with Crippen LogP contribution in [0.5, 0.6) is 5.75 Å². The molecular weight excluding hydrogens is 569 g/mol. The molecule has 232 valence electrons. The summed E-state index contributed by atoms with van der Waals surface area (Å²) in [6.45, 7) is 10.8. The number of aliphatic imine (C=N–C) groups is 1. The lowest BCUT2D eigenvalue weighted by Gasteiger charge is -2.35. The van der Waals surface area contributed by atoms with E-state index in [0.29, 0.717) is 45.8 Å². The number of nitrogens with zero attached hydrogens (tertiary/aromatic N) is 5. The highest BCUT2D eigenvalue weighted by atomic mass is 19.3. The van der Waals surface area contributed by atoms with Crippen LogP contribution in [0.2, 0.25) is 0 Å². The Labute approximate surface area is 254 Å². The maximum Gasteiger partial charge on any atom is 0.387 e. The van der Waals surface area contributed by atoms with Gasteiger partial charge in [0.25, 0.3) is 0 Å². The predicted octanol–water partition coefficient (Wildman–Crippen LogP) is 7.06. The first-order valence-electron chi connectivity index (χ1n) is 14.7. The summed E-state index contributed by atoms with van der Waals surface area (Å²) < 4.78 is 50.0. The summed E-state index contributed by atoms with van der Waals surface area (Å²) in [5.41, 5.74) is 1.43. The van der Waals surface area contributed by atoms with E-state index in [-0.39, 0.29) is 28.1 Å². The lowest BCUT2D eigenvalue weighted by atomic mass is 9.81. The SMILES string of the molecule is CC(C)(C)CC(C)(C)NC1=N[C@@H]2C[C@H](c3c(OC(F)F)cccc31)n1c2nc2cc(F)c(-c3cnc(C(C)(C)O)nc3)cc21. The van der Waals surface area contributed by atoms with Crippen LogP contribution in [0.1, 0.15) is 96.2 Å². The van der Waals surface area contributed by atoms with Crippen molar-refractivity contribution in [1.29, 1.82) is 0 Å². The Balaban J connectivity index is 1.52. The minimum absolute atomic E-state index is 0.0275. The third-order valence-electron chi connectivity index (χ3n) is 7.96. The van der Waals surface area contributed by atoms with Gasteiger partial charge in [-0.05, 0) is 51.7 Å². The standard InChI is InChI=1S/C33H37F3N6O2/c1-31(2,3)16-32(4,5)41-27-18-9-8-10-25(44-30(35)36)26(18)24-13-22(39-27)28-40-21-12-20(34)19(11-23(21)42(24)28)17-14-37-29(38-15-17)33(6,7)43/h8-12,14-15,22,24,30,43H,13,16H2,1-7H3,(H,39,41)/t22-,24-/m1/s1. The first-order chi connectivity index (χ1) is 20.5. The number of hydrogen-bond donors (Lipinski definition) is 2. The molecule has 2 aromatic carbocycles. The molecule has 0 saturated carbocycles. The number of imidazole rings is 1. The first kappa shape index (κ1) is 30.1. The van der Waals surface area contributed by atoms with Crippen molar-refractivity contribution in [3.8, 4) is 16.9 Å². The van der Waals surface area contributed by atoms with Crippen molar-refractivity contribution in [3.63, 3.8) is 0 Å². The molecule has 8 nitrogen and oxygen atoms in total. The first-order valence-corrected chi connectivity index (χ1v) is 14.7. The van der Waals surface area contributed by atoms with E-state index >= 15 is 4.39 Å². The lowest BCUT2D eigenvalue weighted by molar-refractivity contribution is -0.0507. The Morgan fingerprint density at radius 1 is 1.05 bits per heavy atom. The van der Waals surface area contributed by atoms with E-state index in [2.05, 4.69) is 49.9 Å². The normalized spacial score (nSPS) is 18.2. The number of nitrogens with one attached hydrogen (secondary N) is 1. The highest BCUT2D eigenvalue weighted by Gasteiger charge is 2.42. The van der Waals surface area contributed by atoms with Crippen molar-refractivity contribution in [3.05, 3.63) is 71.3 Å². The maximum atomic E-state index is 15.5. The summed E-state index contributed by atoms with van der Waals surface area (Å²) in [6, 6.07) is 7.34. The van der Waals surface area contributed by atoms with Crippen LogP contribution < -0.4 is 10.1 Å². The molecule has 2 aliphatic rings. The number of rotatable bonds is 6. The molecule has 2 bridgehead atoms. The third kappa shape index (κ3) is 5.53. The van der Waals surface area contributed by atoms with Crippen molar-refractivity contribution in [2.45, 2.75) is 91.1 Å². The Hall–Kier alpha value is -3.99. The van der Waals surface area contributed by atoms with Crippen molar-refractivity contribution in [1.82, 2.24) is 24.8 Å². The van der Waals surface area contributed by atoms with Gasteiger partial charge < -0.3 is 19.7 Å². The zero-order valence-electron chi connectivity index (χ0n) is 25.9. The van der Waals surface area contributed by atoms with Crippen molar-refractivity contribution in [2.24, 2.45) is 10.4 Å². The van der Waals surface area contributed by atoms with E-state index in [1.807, 2.05) is 10.6 Å². The van der Waals surface area contributed by atoms with Gasteiger partial charge in [-0.2, -0.15) is 8.78 Å². The Kier molecular flexibility index (Phi) is 7.03. The zero-order valence-corrected chi connectivity index (χ0v) is 25.9. The van der Waals surface area contributed by atoms with Gasteiger partial charge in [0, 0.05) is 52.7 Å². The monoisotopic (exact) mass is 606 g/mol. The van der Waals surface area contributed by atoms with Crippen molar-refractivity contribution in [2.75, 3.05) is 0 Å². The van der Waals surface area contributed by atoms with E-state index in [0.717, 1.165) is 6.42 Å². The molecule has 0 aliphatic carbocycles. The summed E-state index contributed by atoms with van der Waals surface area (Å²) in [5, 5.41) is 13.9. The van der Waals surface area contributed by atoms with E-state index in [1.54, 1.807) is 32.0 Å². The van der Waals surface area contributed by atoms with Gasteiger partial charge in [-0.1, -0.05) is 32.9 Å². The topological polar surface area (TPSA) is 97.5 Å². The number of halogens is 3. The van der Waals surface area contributed by atoms with Gasteiger partial charge in [0.05, 0.1) is 17.1 Å². The van der Waals surface area contributed by atoms with Crippen LogP contribution >= 0.6 is 0 Å². The van der Waals surface area contributed by atoms with Gasteiger partial charge in [-0.3, -0.25) is 4.99 Å². The molecule has 2 aromatic heterocycles. The Bertz CT molecular complexity index is 1770. The fourth-order valence-electron chi connectivity index (χ4n) is 6.79. The molecular formula is C33H37F3N6O2. The number of fused-ring (bicyclic) bond motifs is 9. The third-order valence-corrected chi connectivity index (χ3v) is 7.96. The fraction of sp³-hybridized carbons (Fsp3) is 0.455. The van der Waals surface area contributed by atoms with Crippen molar-refractivity contribution >= 4 is 16.9 Å². The van der Waals surface area contributed by atoms with Crippen LogP contribution in [0, 0.1) is 11.2 Å². The molecule has 0 fully saturated rings. The molecule has 44 heavy (non-hydrogen) atoms. The second kappa shape index (κ2) is 10.3. The fourth-order valence-corrected chi connectivity index (χ4v) is 6.79. The predicted molar refractivity (Wildman–Crippen MR) is 162 cm³/mol. The number of aliphatic hydroxyl groups is 1. The van der Waals surface area contributed by atoms with E-state index in [4.69, 9.17) is 14.7 Å². The zero-order chi connectivity index (χ0) is 31.8. The molecule has 0 saturated heterocycles. The number of benzene rings is 2. The molecule has 6 rings (SSSR count). The average molecular weight is 607 g/mol. The largest absolute Gasteiger partial charge is 0.434 e. The highest BCUT2D eigenvalue weighted by Crippen LogP contribution is 2.49. The number of hydrogen-bond acceptors (Lipinski definition) is 7. The second-order valence-corrected chi connectivity index (χ2v) is 14.1. The minimum Gasteiger partial charge on any atom is -0.434 e. The Morgan fingerprint density at radius 3 is 2.39 bits per heavy atom. The molecule has 0 spiro atoms. The van der Waals surface area contributed by atoms with Crippen LogP contribution in [0.4, 0.5) is 13.2 Å². The Morgan fingerprint density at radius 2 is 1.75 bits per heavy atom. The van der Waals surface area contributed by atoms with Gasteiger partial charge in [0.2, 0.25) is 0 Å². The molecule has 2 aliphatic heterocycles. The molecule has 0 radical (unpaired) electrons. The number of ether oxygens (including phenoxy) is 1. The van der Waals surface area contributed by atoms with Gasteiger partial charge in [0.1, 0.15) is 34.9 Å². The molecule has 4 aromatic rings. The van der Waals surface area contributed by atoms with Crippen molar-refractivity contribution < 1.29 is 23.0 Å². The molecule has 2 N–H and O–H groups in total. The van der Waals surface area contributed by atoms with E-state index < -0.39 is 30.1 Å². The van der Waals surface area contributed by atoms with Crippen LogP contribution in [0.15, 0.2) is 47.7 Å². The van der Waals surface area contributed by atoms with Crippen LogP contribution in [0.3, 0.4) is 0 Å². The van der Waals surface area contributed by atoms with Gasteiger partial charge >= 0.3 is 6.61 Å². The van der Waals surface area contributed by atoms with Gasteiger partial charge in [-0.25, -0.2) is 19.3 Å². The number of alkyl halides is 2. The van der Waals surface area contributed by atoms with E-state index in [1.165, 1.54) is 18.5 Å². The summed E-state index contributed by atoms with van der Waals surface area (Å²) in [5.74, 6) is 0.998. The minimum atomic E-state index is -3.01. The molecule has 2 atom stereocenters. The smallest absolute Gasteiger partial charge is 0.387 e. The summed E-state index contributed by atoms with van der Waals surface area (Å²) in [6.07, 6.45) is 4.26. The molecule has 4 heterocycles. The second-order valence-electron chi connectivity index (χ2n) is 14.1. The summed E-state index contributed by atoms with van der Waals surface area (Å²) >= 11 is 0. The van der Waals surface area contributed by atoms with Crippen LogP contribution in [-0.4, -0.2) is 42.6 Å². The number of aromatic nitrogens is 4. The summed E-state index contributed by atoms with van der Waals surface area (Å²) in [4.78, 5) is 18.4. The maximum absolute atomic E-state index is 15.5. The van der Waals surface area contributed by atoms with Gasteiger partial charge in [0.15, 0.2) is 5.82 Å². The molecule has 11 heteroatoms. The average Bonchev–Trinajstić information content (AvgIpc) is 3.36. The lowest BCUT2D eigenvalue weighted by Crippen LogP contribution is -2.46.